The molecule has 2 aromatic rings. The number of rotatable bonds is 6. The summed E-state index contributed by atoms with van der Waals surface area (Å²) >= 11 is 0. The van der Waals surface area contributed by atoms with Crippen molar-refractivity contribution in [3.63, 3.8) is 0 Å². The lowest BCUT2D eigenvalue weighted by molar-refractivity contribution is -0.253. The Bertz CT molecular complexity index is 888. The molecular formula is C31H46N2O8. The van der Waals surface area contributed by atoms with Gasteiger partial charge in [0.05, 0.1) is 84.9 Å². The van der Waals surface area contributed by atoms with E-state index in [-0.39, 0.29) is 18.8 Å². The fourth-order valence-electron chi connectivity index (χ4n) is 4.80. The number of benzene rings is 2. The van der Waals surface area contributed by atoms with Crippen molar-refractivity contribution in [1.82, 2.24) is 4.90 Å². The molecule has 2 saturated heterocycles. The quantitative estimate of drug-likeness (QED) is 0.534. The predicted octanol–water partition coefficient (Wildman–Crippen LogP) is 2.58. The van der Waals surface area contributed by atoms with Gasteiger partial charge in [-0.2, -0.15) is 0 Å². The van der Waals surface area contributed by atoms with Crippen molar-refractivity contribution in [2.24, 2.45) is 5.73 Å². The van der Waals surface area contributed by atoms with E-state index in [2.05, 4.69) is 4.90 Å². The van der Waals surface area contributed by atoms with E-state index >= 15 is 0 Å². The van der Waals surface area contributed by atoms with Gasteiger partial charge < -0.3 is 44.0 Å². The third kappa shape index (κ3) is 11.3. The highest BCUT2D eigenvalue weighted by atomic mass is 16.7. The zero-order valence-corrected chi connectivity index (χ0v) is 24.0. The third-order valence-electron chi connectivity index (χ3n) is 7.16. The molecule has 0 bridgehead atoms. The lowest BCUT2D eigenvalue weighted by Gasteiger charge is -2.38. The molecule has 10 heteroatoms. The van der Waals surface area contributed by atoms with E-state index in [9.17, 15) is 5.11 Å². The van der Waals surface area contributed by atoms with Crippen LogP contribution in [0.15, 0.2) is 48.5 Å². The van der Waals surface area contributed by atoms with Crippen LogP contribution in [0, 0.1) is 0 Å². The van der Waals surface area contributed by atoms with Crippen molar-refractivity contribution in [2.75, 3.05) is 85.7 Å². The lowest BCUT2D eigenvalue weighted by atomic mass is 9.99. The first-order valence-electron chi connectivity index (χ1n) is 14.7. The first-order chi connectivity index (χ1) is 20.2. The van der Waals surface area contributed by atoms with Crippen molar-refractivity contribution in [3.05, 3.63) is 70.8 Å². The maximum absolute atomic E-state index is 9.48. The van der Waals surface area contributed by atoms with E-state index in [1.54, 1.807) is 0 Å². The van der Waals surface area contributed by atoms with Crippen LogP contribution in [0.25, 0.3) is 0 Å². The largest absolute Gasteiger partial charge is 0.392 e. The molecule has 2 aliphatic rings. The van der Waals surface area contributed by atoms with E-state index in [0.717, 1.165) is 35.3 Å². The molecule has 2 aromatic carbocycles. The first kappa shape index (κ1) is 32.0. The molecule has 2 heterocycles. The minimum Gasteiger partial charge on any atom is -0.392 e. The summed E-state index contributed by atoms with van der Waals surface area (Å²) in [5.74, 6) is 0. The second kappa shape index (κ2) is 18.6. The molecule has 0 spiro atoms. The molecular weight excluding hydrogens is 528 g/mol. The van der Waals surface area contributed by atoms with Gasteiger partial charge in [0.1, 0.15) is 0 Å². The first-order valence-corrected chi connectivity index (χ1v) is 14.7. The molecule has 0 radical (unpaired) electrons. The molecule has 3 N–H and O–H groups in total. The van der Waals surface area contributed by atoms with Crippen LogP contribution < -0.4 is 5.73 Å². The highest BCUT2D eigenvalue weighted by molar-refractivity contribution is 5.26. The minimum atomic E-state index is -0.505. The van der Waals surface area contributed by atoms with Gasteiger partial charge in [0.2, 0.25) is 0 Å². The predicted molar refractivity (Wildman–Crippen MR) is 153 cm³/mol. The van der Waals surface area contributed by atoms with Crippen molar-refractivity contribution >= 4 is 0 Å². The van der Waals surface area contributed by atoms with Gasteiger partial charge in [-0.1, -0.05) is 48.5 Å². The molecule has 10 nitrogen and oxygen atoms in total. The highest BCUT2D eigenvalue weighted by Gasteiger charge is 2.33. The van der Waals surface area contributed by atoms with Crippen molar-refractivity contribution in [3.8, 4) is 0 Å². The van der Waals surface area contributed by atoms with Crippen LogP contribution in [0.5, 0.6) is 0 Å². The fourth-order valence-corrected chi connectivity index (χ4v) is 4.80. The Morgan fingerprint density at radius 3 is 1.63 bits per heavy atom. The Kier molecular flexibility index (Phi) is 14.5. The molecule has 4 rings (SSSR count). The Morgan fingerprint density at radius 1 is 0.634 bits per heavy atom. The van der Waals surface area contributed by atoms with Gasteiger partial charge >= 0.3 is 0 Å². The third-order valence-corrected chi connectivity index (χ3v) is 7.16. The molecule has 2 fully saturated rings. The van der Waals surface area contributed by atoms with E-state index in [1.165, 1.54) is 0 Å². The van der Waals surface area contributed by atoms with E-state index in [1.807, 2.05) is 48.5 Å². The van der Waals surface area contributed by atoms with Gasteiger partial charge in [0.15, 0.2) is 6.29 Å². The zero-order valence-electron chi connectivity index (χ0n) is 24.0. The molecule has 0 aliphatic carbocycles. The zero-order chi connectivity index (χ0) is 28.5. The van der Waals surface area contributed by atoms with Crippen LogP contribution in [0.2, 0.25) is 0 Å². The highest BCUT2D eigenvalue weighted by Crippen LogP contribution is 2.38. The average Bonchev–Trinajstić information content (AvgIpc) is 3.02. The van der Waals surface area contributed by atoms with Crippen LogP contribution >= 0.6 is 0 Å². The number of ether oxygens (including phenoxy) is 7. The summed E-state index contributed by atoms with van der Waals surface area (Å²) in [6, 6.07) is 16.0. The summed E-state index contributed by atoms with van der Waals surface area (Å²) in [4.78, 5) is 2.33. The average molecular weight is 575 g/mol. The number of hydrogen-bond donors (Lipinski definition) is 2. The molecule has 2 aliphatic heterocycles. The van der Waals surface area contributed by atoms with Crippen molar-refractivity contribution < 1.29 is 38.3 Å². The molecule has 0 saturated carbocycles. The van der Waals surface area contributed by atoms with Crippen LogP contribution in [0.3, 0.4) is 0 Å². The Morgan fingerprint density at radius 2 is 1.12 bits per heavy atom. The second-order valence-electron chi connectivity index (χ2n) is 10.2. The van der Waals surface area contributed by atoms with Gasteiger partial charge in [0.25, 0.3) is 0 Å². The van der Waals surface area contributed by atoms with Crippen LogP contribution in [-0.4, -0.2) is 102 Å². The van der Waals surface area contributed by atoms with Gasteiger partial charge in [-0.15, -0.1) is 0 Å². The topological polar surface area (TPSA) is 114 Å². The normalized spacial score (nSPS) is 25.3. The van der Waals surface area contributed by atoms with Crippen LogP contribution in [-0.2, 0) is 46.3 Å². The SMILES string of the molecule is NCc1ccc(C2O[C@H](CN3CCOCCOCCOCCOCCOCC3)C[C@H](c3ccc(CO)cc3)O2)cc1. The number of hydrogen-bond acceptors (Lipinski definition) is 10. The Labute approximate surface area is 243 Å². The molecule has 0 amide bonds. The number of nitrogens with zero attached hydrogens (tertiary/aromatic N) is 1. The van der Waals surface area contributed by atoms with E-state index < -0.39 is 6.29 Å². The van der Waals surface area contributed by atoms with E-state index in [4.69, 9.17) is 38.9 Å². The van der Waals surface area contributed by atoms with Gasteiger partial charge in [-0.25, -0.2) is 0 Å². The maximum atomic E-state index is 9.48. The second-order valence-corrected chi connectivity index (χ2v) is 10.2. The summed E-state index contributed by atoms with van der Waals surface area (Å²) in [5, 5.41) is 9.48. The molecule has 41 heavy (non-hydrogen) atoms. The standard InChI is InChI=1S/C31H46N2O8/c32-22-25-1-7-28(8-2-25)31-40-29(21-30(41-31)27-5-3-26(24-34)4-6-27)23-33-9-11-35-13-15-37-17-19-39-20-18-38-16-14-36-12-10-33/h1-8,29-31,34H,9-24,32H2/t29-,30+,31?/m0/s1. The van der Waals surface area contributed by atoms with Crippen molar-refractivity contribution in [1.29, 1.82) is 0 Å². The number of aliphatic hydroxyl groups excluding tert-OH is 1. The number of aliphatic hydroxyl groups is 1. The van der Waals surface area contributed by atoms with Gasteiger partial charge in [-0.3, -0.25) is 4.90 Å². The monoisotopic (exact) mass is 574 g/mol. The molecule has 3 atom stereocenters. The summed E-state index contributed by atoms with van der Waals surface area (Å²) < 4.78 is 41.4. The van der Waals surface area contributed by atoms with Crippen molar-refractivity contribution in [2.45, 2.75) is 38.1 Å². The maximum Gasteiger partial charge on any atom is 0.184 e. The smallest absolute Gasteiger partial charge is 0.184 e. The Hall–Kier alpha value is -1.96. The fraction of sp³-hybridized carbons (Fsp3) is 0.613. The van der Waals surface area contributed by atoms with Crippen LogP contribution in [0.4, 0.5) is 0 Å². The number of nitrogens with two attached hydrogens (primary N) is 1. The van der Waals surface area contributed by atoms with Gasteiger partial charge in [0, 0.05) is 38.2 Å². The summed E-state index contributed by atoms with van der Waals surface area (Å²) in [6.45, 7) is 8.19. The van der Waals surface area contributed by atoms with E-state index in [0.29, 0.717) is 85.6 Å². The summed E-state index contributed by atoms with van der Waals surface area (Å²) in [7, 11) is 0. The molecule has 0 aromatic heterocycles. The minimum absolute atomic E-state index is 0.0133. The lowest BCUT2D eigenvalue weighted by Crippen LogP contribution is -2.42. The summed E-state index contributed by atoms with van der Waals surface area (Å²) in [6.07, 6.45) is -0.0196. The molecule has 1 unspecified atom stereocenters. The Balaban J connectivity index is 1.41. The van der Waals surface area contributed by atoms with Crippen LogP contribution in [0.1, 0.15) is 41.1 Å². The van der Waals surface area contributed by atoms with Gasteiger partial charge in [-0.05, 0) is 16.7 Å². The summed E-state index contributed by atoms with van der Waals surface area (Å²) in [5.41, 5.74) is 9.77. The molecule has 228 valence electrons.